The number of hydrogen-bond donors (Lipinski definition) is 1. The van der Waals surface area contributed by atoms with Gasteiger partial charge in [-0.05, 0) is 31.6 Å². The molecule has 2 heteroatoms. The van der Waals surface area contributed by atoms with Crippen LogP contribution in [0.25, 0.3) is 0 Å². The molecule has 2 aliphatic carbocycles. The van der Waals surface area contributed by atoms with Crippen LogP contribution in [0.5, 0.6) is 0 Å². The van der Waals surface area contributed by atoms with Gasteiger partial charge in [-0.15, -0.1) is 0 Å². The van der Waals surface area contributed by atoms with Gasteiger partial charge in [0.2, 0.25) is 0 Å². The number of hydrogen-bond acceptors (Lipinski definition) is 2. The maximum absolute atomic E-state index is 10.6. The van der Waals surface area contributed by atoms with E-state index in [4.69, 9.17) is 4.42 Å². The Bertz CT molecular complexity index is 479. The summed E-state index contributed by atoms with van der Waals surface area (Å²) in [5.41, 5.74) is 5.40. The second kappa shape index (κ2) is 3.49. The second-order valence-corrected chi connectivity index (χ2v) is 6.43. The Kier molecular flexibility index (Phi) is 2.27. The number of allylic oxidation sites excluding steroid dienone is 1. The molecule has 0 bridgehead atoms. The lowest BCUT2D eigenvalue weighted by atomic mass is 9.87. The van der Waals surface area contributed by atoms with Crippen LogP contribution in [-0.4, -0.2) is 5.11 Å². The highest BCUT2D eigenvalue weighted by molar-refractivity contribution is 5.38. The van der Waals surface area contributed by atoms with E-state index in [1.54, 1.807) is 12.5 Å². The number of furan rings is 1. The van der Waals surface area contributed by atoms with Gasteiger partial charge in [0.15, 0.2) is 0 Å². The van der Waals surface area contributed by atoms with Crippen molar-refractivity contribution in [1.29, 1.82) is 0 Å². The fourth-order valence-electron chi connectivity index (χ4n) is 3.56. The fraction of sp³-hybridized carbons (Fsp3) is 0.600. The van der Waals surface area contributed by atoms with Crippen LogP contribution in [0.3, 0.4) is 0 Å². The molecule has 1 N–H and O–H groups in total. The topological polar surface area (TPSA) is 33.4 Å². The summed E-state index contributed by atoms with van der Waals surface area (Å²) < 4.78 is 5.26. The van der Waals surface area contributed by atoms with E-state index in [0.29, 0.717) is 11.3 Å². The van der Waals surface area contributed by atoms with Crippen LogP contribution in [0.15, 0.2) is 28.1 Å². The molecule has 0 saturated heterocycles. The molecule has 0 unspecified atom stereocenters. The van der Waals surface area contributed by atoms with Crippen LogP contribution in [0, 0.1) is 11.3 Å². The third kappa shape index (κ3) is 1.66. The monoisotopic (exact) mass is 232 g/mol. The number of aliphatic hydroxyl groups excluding tert-OH is 1. The third-order valence-electron chi connectivity index (χ3n) is 4.37. The van der Waals surface area contributed by atoms with Gasteiger partial charge in [0.1, 0.15) is 0 Å². The Morgan fingerprint density at radius 2 is 2.12 bits per heavy atom. The molecular formula is C15H20O2. The molecule has 1 aromatic rings. The predicted octanol–water partition coefficient (Wildman–Crippen LogP) is 3.62. The minimum absolute atomic E-state index is 0.295. The van der Waals surface area contributed by atoms with E-state index in [-0.39, 0.29) is 6.10 Å². The normalized spacial score (nSPS) is 31.1. The second-order valence-electron chi connectivity index (χ2n) is 6.43. The molecular weight excluding hydrogens is 212 g/mol. The van der Waals surface area contributed by atoms with Crippen molar-refractivity contribution in [3.63, 3.8) is 0 Å². The zero-order valence-corrected chi connectivity index (χ0v) is 10.8. The molecule has 2 nitrogen and oxygen atoms in total. The molecule has 2 atom stereocenters. The molecule has 1 saturated carbocycles. The molecule has 0 radical (unpaired) electrons. The van der Waals surface area contributed by atoms with Gasteiger partial charge >= 0.3 is 0 Å². The first-order valence-corrected chi connectivity index (χ1v) is 6.39. The number of aliphatic hydroxyl groups is 1. The largest absolute Gasteiger partial charge is 0.472 e. The van der Waals surface area contributed by atoms with Crippen molar-refractivity contribution in [2.75, 3.05) is 0 Å². The lowest BCUT2D eigenvalue weighted by molar-refractivity contribution is 0.118. The van der Waals surface area contributed by atoms with Crippen molar-refractivity contribution in [2.45, 2.75) is 46.1 Å². The molecule has 0 aromatic carbocycles. The van der Waals surface area contributed by atoms with Crippen molar-refractivity contribution in [3.05, 3.63) is 34.8 Å². The van der Waals surface area contributed by atoms with E-state index < -0.39 is 0 Å². The Morgan fingerprint density at radius 1 is 1.35 bits per heavy atom. The van der Waals surface area contributed by atoms with Crippen LogP contribution in [0.1, 0.15) is 50.8 Å². The predicted molar refractivity (Wildman–Crippen MR) is 66.6 cm³/mol. The summed E-state index contributed by atoms with van der Waals surface area (Å²) in [5.74, 6) is 0.295. The third-order valence-corrected chi connectivity index (χ3v) is 4.37. The molecule has 0 aliphatic heterocycles. The van der Waals surface area contributed by atoms with Gasteiger partial charge in [-0.25, -0.2) is 0 Å². The van der Waals surface area contributed by atoms with Gasteiger partial charge in [0.25, 0.3) is 0 Å². The summed E-state index contributed by atoms with van der Waals surface area (Å²) >= 11 is 0. The summed E-state index contributed by atoms with van der Waals surface area (Å²) in [7, 11) is 0. The molecule has 0 spiro atoms. The average molecular weight is 232 g/mol. The smallest absolute Gasteiger partial charge is 0.0963 e. The molecule has 2 aliphatic rings. The number of rotatable bonds is 0. The average Bonchev–Trinajstić information content (AvgIpc) is 2.79. The molecule has 3 rings (SSSR count). The zero-order valence-electron chi connectivity index (χ0n) is 10.8. The summed E-state index contributed by atoms with van der Waals surface area (Å²) in [6.07, 6.45) is 6.27. The maximum atomic E-state index is 10.6. The molecule has 0 amide bonds. The van der Waals surface area contributed by atoms with Crippen LogP contribution in [0.4, 0.5) is 0 Å². The summed E-state index contributed by atoms with van der Waals surface area (Å²) in [5, 5.41) is 10.6. The highest BCUT2D eigenvalue weighted by Gasteiger charge is 2.42. The van der Waals surface area contributed by atoms with Gasteiger partial charge < -0.3 is 9.52 Å². The first kappa shape index (κ1) is 11.1. The summed E-state index contributed by atoms with van der Waals surface area (Å²) in [6, 6.07) is 0. The SMILES string of the molecule is CC1=C2CC(C)(C)C[C@H]2[C@H](O)c2cocc2C1. The van der Waals surface area contributed by atoms with Gasteiger partial charge in [-0.1, -0.05) is 25.0 Å². The Balaban J connectivity index is 2.08. The number of fused-ring (bicyclic) bond motifs is 2. The van der Waals surface area contributed by atoms with Crippen molar-refractivity contribution in [2.24, 2.45) is 11.3 Å². The lowest BCUT2D eigenvalue weighted by Crippen LogP contribution is -2.12. The van der Waals surface area contributed by atoms with E-state index in [0.717, 1.165) is 30.4 Å². The maximum Gasteiger partial charge on any atom is 0.0963 e. The lowest BCUT2D eigenvalue weighted by Gasteiger charge is -2.20. The van der Waals surface area contributed by atoms with E-state index >= 15 is 0 Å². The van der Waals surface area contributed by atoms with Gasteiger partial charge in [-0.2, -0.15) is 0 Å². The molecule has 92 valence electrons. The van der Waals surface area contributed by atoms with Crippen molar-refractivity contribution in [1.82, 2.24) is 0 Å². The van der Waals surface area contributed by atoms with Gasteiger partial charge in [-0.3, -0.25) is 0 Å². The highest BCUT2D eigenvalue weighted by Crippen LogP contribution is 2.52. The van der Waals surface area contributed by atoms with E-state index in [9.17, 15) is 5.11 Å². The fourth-order valence-corrected chi connectivity index (χ4v) is 3.56. The first-order valence-electron chi connectivity index (χ1n) is 6.39. The van der Waals surface area contributed by atoms with Gasteiger partial charge in [0, 0.05) is 17.0 Å². The van der Waals surface area contributed by atoms with Crippen LogP contribution in [-0.2, 0) is 6.42 Å². The van der Waals surface area contributed by atoms with E-state index in [1.807, 2.05) is 0 Å². The van der Waals surface area contributed by atoms with E-state index in [1.165, 1.54) is 11.1 Å². The molecule has 1 fully saturated rings. The first-order chi connectivity index (χ1) is 7.98. The van der Waals surface area contributed by atoms with Crippen molar-refractivity contribution >= 4 is 0 Å². The van der Waals surface area contributed by atoms with Crippen molar-refractivity contribution < 1.29 is 9.52 Å². The summed E-state index contributed by atoms with van der Waals surface area (Å²) in [6.45, 7) is 6.80. The standard InChI is InChI=1S/C15H20O2/c1-9-4-10-7-17-8-13(10)14(16)12-6-15(2,3)5-11(9)12/h7-8,12,14,16H,4-6H2,1-3H3/t12-,14+/m1/s1. The molecule has 17 heavy (non-hydrogen) atoms. The van der Waals surface area contributed by atoms with Crippen LogP contribution in [0.2, 0.25) is 0 Å². The molecule has 1 heterocycles. The Morgan fingerprint density at radius 3 is 2.88 bits per heavy atom. The minimum atomic E-state index is -0.377. The van der Waals surface area contributed by atoms with Crippen LogP contribution >= 0.6 is 0 Å². The van der Waals surface area contributed by atoms with E-state index in [2.05, 4.69) is 20.8 Å². The molecule has 1 aromatic heterocycles. The Hall–Kier alpha value is -1.02. The van der Waals surface area contributed by atoms with Crippen molar-refractivity contribution in [3.8, 4) is 0 Å². The van der Waals surface area contributed by atoms with Gasteiger partial charge in [0.05, 0.1) is 18.6 Å². The highest BCUT2D eigenvalue weighted by atomic mass is 16.3. The minimum Gasteiger partial charge on any atom is -0.472 e. The quantitative estimate of drug-likeness (QED) is 0.693. The Labute approximate surface area is 102 Å². The summed E-state index contributed by atoms with van der Waals surface area (Å²) in [4.78, 5) is 0. The zero-order chi connectivity index (χ0) is 12.2. The van der Waals surface area contributed by atoms with Crippen LogP contribution < -0.4 is 0 Å².